The third-order valence-electron chi connectivity index (χ3n) is 6.66. The number of hydrogen-bond acceptors (Lipinski definition) is 7. The molecule has 3 aromatic carbocycles. The quantitative estimate of drug-likeness (QED) is 0.247. The molecule has 3 aromatic rings. The highest BCUT2D eigenvalue weighted by atomic mass is 16.5. The highest BCUT2D eigenvalue weighted by molar-refractivity contribution is 5.98. The first-order chi connectivity index (χ1) is 19.5. The largest absolute Gasteiger partial charge is 0.493 e. The maximum absolute atomic E-state index is 13.0. The first kappa shape index (κ1) is 28.8. The summed E-state index contributed by atoms with van der Waals surface area (Å²) in [6.07, 6.45) is 3.58. The van der Waals surface area contributed by atoms with Crippen LogP contribution in [0.15, 0.2) is 60.7 Å². The Balaban J connectivity index is 1.39. The minimum absolute atomic E-state index is 0.0153. The summed E-state index contributed by atoms with van der Waals surface area (Å²) < 4.78 is 22.4. The fraction of sp³-hybridized carbons (Fsp3) is 0.344. The Morgan fingerprint density at radius 3 is 2.45 bits per heavy atom. The van der Waals surface area contributed by atoms with Gasteiger partial charge in [0.15, 0.2) is 17.2 Å². The van der Waals surface area contributed by atoms with Gasteiger partial charge in [-0.3, -0.25) is 4.79 Å². The Hall–Kier alpha value is -4.19. The highest BCUT2D eigenvalue weighted by Crippen LogP contribution is 2.43. The van der Waals surface area contributed by atoms with E-state index < -0.39 is 6.10 Å². The van der Waals surface area contributed by atoms with E-state index in [9.17, 15) is 9.90 Å². The Labute approximate surface area is 235 Å². The number of amides is 1. The molecule has 1 heterocycles. The van der Waals surface area contributed by atoms with Gasteiger partial charge in [0, 0.05) is 25.5 Å². The van der Waals surface area contributed by atoms with Gasteiger partial charge in [-0.2, -0.15) is 0 Å². The van der Waals surface area contributed by atoms with Gasteiger partial charge in [-0.1, -0.05) is 42.3 Å². The zero-order valence-corrected chi connectivity index (χ0v) is 23.2. The van der Waals surface area contributed by atoms with E-state index in [1.165, 1.54) is 0 Å². The summed E-state index contributed by atoms with van der Waals surface area (Å²) in [5, 5.41) is 13.9. The van der Waals surface area contributed by atoms with Gasteiger partial charge in [-0.05, 0) is 54.8 Å². The van der Waals surface area contributed by atoms with E-state index >= 15 is 0 Å². The lowest BCUT2D eigenvalue weighted by Crippen LogP contribution is -2.35. The van der Waals surface area contributed by atoms with Crippen LogP contribution in [0.25, 0.3) is 0 Å². The van der Waals surface area contributed by atoms with E-state index in [1.54, 1.807) is 32.1 Å². The lowest BCUT2D eigenvalue weighted by molar-refractivity contribution is -0.119. The van der Waals surface area contributed by atoms with Gasteiger partial charge in [0.05, 0.1) is 26.5 Å². The summed E-state index contributed by atoms with van der Waals surface area (Å²) in [6, 6.07) is 19.3. The van der Waals surface area contributed by atoms with Gasteiger partial charge >= 0.3 is 0 Å². The molecule has 1 unspecified atom stereocenters. The zero-order chi connectivity index (χ0) is 28.3. The van der Waals surface area contributed by atoms with Gasteiger partial charge in [-0.25, -0.2) is 0 Å². The second-order valence-electron chi connectivity index (χ2n) is 9.42. The van der Waals surface area contributed by atoms with Crippen LogP contribution in [-0.2, 0) is 24.2 Å². The van der Waals surface area contributed by atoms with Crippen molar-refractivity contribution in [1.82, 2.24) is 5.32 Å². The van der Waals surface area contributed by atoms with Crippen LogP contribution < -0.4 is 29.2 Å². The maximum Gasteiger partial charge on any atom is 0.227 e. The minimum Gasteiger partial charge on any atom is -0.493 e. The Bertz CT molecular complexity index is 1350. The summed E-state index contributed by atoms with van der Waals surface area (Å²) in [7, 11) is 3.23. The van der Waals surface area contributed by atoms with Gasteiger partial charge < -0.3 is 34.3 Å². The number of nitrogens with zero attached hydrogens (tertiary/aromatic N) is 1. The topological polar surface area (TPSA) is 89.5 Å². The van der Waals surface area contributed by atoms with Crippen molar-refractivity contribution in [3.63, 3.8) is 0 Å². The number of ether oxygens (including phenoxy) is 4. The molecule has 0 fully saturated rings. The van der Waals surface area contributed by atoms with Crippen LogP contribution in [0, 0.1) is 12.0 Å². The van der Waals surface area contributed by atoms with E-state index in [2.05, 4.69) is 17.3 Å². The molecule has 8 nitrogen and oxygen atoms in total. The van der Waals surface area contributed by atoms with Gasteiger partial charge in [0.2, 0.25) is 5.91 Å². The average Bonchev–Trinajstić information content (AvgIpc) is 2.99. The van der Waals surface area contributed by atoms with Crippen molar-refractivity contribution in [1.29, 1.82) is 0 Å². The predicted molar refractivity (Wildman–Crippen MR) is 154 cm³/mol. The summed E-state index contributed by atoms with van der Waals surface area (Å²) in [6.45, 7) is 3.28. The lowest BCUT2D eigenvalue weighted by atomic mass is 9.98. The molecule has 1 aliphatic heterocycles. The van der Waals surface area contributed by atoms with E-state index in [0.29, 0.717) is 61.2 Å². The number of benzene rings is 3. The normalized spacial score (nSPS) is 13.1. The molecule has 210 valence electrons. The van der Waals surface area contributed by atoms with Crippen LogP contribution in [0.2, 0.25) is 0 Å². The first-order valence-corrected chi connectivity index (χ1v) is 13.3. The van der Waals surface area contributed by atoms with Gasteiger partial charge in [0.1, 0.15) is 24.6 Å². The van der Waals surface area contributed by atoms with E-state index in [1.807, 2.05) is 54.6 Å². The molecule has 1 amide bonds. The number of carbonyl (C=O) groups is 1. The maximum atomic E-state index is 13.0. The van der Waals surface area contributed by atoms with Crippen LogP contribution in [0.5, 0.6) is 23.0 Å². The third kappa shape index (κ3) is 7.26. The van der Waals surface area contributed by atoms with Crippen molar-refractivity contribution in [2.45, 2.75) is 38.8 Å². The molecule has 0 bridgehead atoms. The molecule has 0 spiro atoms. The summed E-state index contributed by atoms with van der Waals surface area (Å²) in [4.78, 5) is 14.7. The Kier molecular flexibility index (Phi) is 10.3. The number of aliphatic hydroxyl groups excluding tert-OH is 1. The molecule has 4 rings (SSSR count). The van der Waals surface area contributed by atoms with E-state index in [-0.39, 0.29) is 12.5 Å². The zero-order valence-electron chi connectivity index (χ0n) is 23.2. The SMILES string of the molecule is CC#COc1ccc(OCC(O)CNCCc2ccc(OC)c(OC)c2)c2c1N(Cc1ccccc1)C(=O)CC2. The molecular formula is C32H36N2O6. The third-order valence-corrected chi connectivity index (χ3v) is 6.66. The molecule has 0 radical (unpaired) electrons. The van der Waals surface area contributed by atoms with Crippen molar-refractivity contribution >= 4 is 11.6 Å². The Morgan fingerprint density at radius 2 is 1.70 bits per heavy atom. The number of hydrogen-bond donors (Lipinski definition) is 2. The molecule has 1 aliphatic rings. The average molecular weight is 545 g/mol. The molecule has 0 saturated heterocycles. The lowest BCUT2D eigenvalue weighted by Gasteiger charge is -2.32. The fourth-order valence-corrected chi connectivity index (χ4v) is 4.66. The molecule has 8 heteroatoms. The van der Waals surface area contributed by atoms with Gasteiger partial charge in [-0.15, -0.1) is 0 Å². The second-order valence-corrected chi connectivity index (χ2v) is 9.42. The number of rotatable bonds is 13. The monoisotopic (exact) mass is 544 g/mol. The van der Waals surface area contributed by atoms with Gasteiger partial charge in [0.25, 0.3) is 0 Å². The Morgan fingerprint density at radius 1 is 0.950 bits per heavy atom. The first-order valence-electron chi connectivity index (χ1n) is 13.3. The number of fused-ring (bicyclic) bond motifs is 1. The van der Waals surface area contributed by atoms with Crippen molar-refractivity contribution in [3.05, 3.63) is 77.4 Å². The van der Waals surface area contributed by atoms with Crippen LogP contribution >= 0.6 is 0 Å². The number of aliphatic hydroxyl groups is 1. The standard InChI is InChI=1S/C32H36N2O6/c1-4-18-39-29-14-13-27(26-11-15-31(36)34(32(26)29)21-24-8-6-5-7-9-24)40-22-25(35)20-33-17-16-23-10-12-28(37-2)30(19-23)38-3/h5-10,12-14,19,25,33,35H,11,15-17,20-22H2,1-3H3. The van der Waals surface area contributed by atoms with Crippen molar-refractivity contribution in [2.75, 3.05) is 38.8 Å². The van der Waals surface area contributed by atoms with Crippen LogP contribution in [0.4, 0.5) is 5.69 Å². The molecule has 0 aromatic heterocycles. The summed E-state index contributed by atoms with van der Waals surface area (Å²) in [5.74, 6) is 5.28. The molecule has 0 saturated carbocycles. The molecule has 40 heavy (non-hydrogen) atoms. The molecule has 0 aliphatic carbocycles. The molecule has 1 atom stereocenters. The summed E-state index contributed by atoms with van der Waals surface area (Å²) in [5.41, 5.74) is 3.66. The second kappa shape index (κ2) is 14.3. The van der Waals surface area contributed by atoms with E-state index in [4.69, 9.17) is 18.9 Å². The predicted octanol–water partition coefficient (Wildman–Crippen LogP) is 4.11. The number of anilines is 1. The van der Waals surface area contributed by atoms with Crippen molar-refractivity contribution < 1.29 is 28.8 Å². The minimum atomic E-state index is -0.714. The fourth-order valence-electron chi connectivity index (χ4n) is 4.66. The van der Waals surface area contributed by atoms with Crippen LogP contribution in [0.3, 0.4) is 0 Å². The van der Waals surface area contributed by atoms with Crippen LogP contribution in [-0.4, -0.2) is 51.0 Å². The number of methoxy groups -OCH3 is 2. The molecule has 2 N–H and O–H groups in total. The number of carbonyl (C=O) groups excluding carboxylic acids is 1. The molecular weight excluding hydrogens is 508 g/mol. The van der Waals surface area contributed by atoms with Crippen molar-refractivity contribution in [3.8, 4) is 35.0 Å². The summed E-state index contributed by atoms with van der Waals surface area (Å²) >= 11 is 0. The smallest absolute Gasteiger partial charge is 0.227 e. The highest BCUT2D eigenvalue weighted by Gasteiger charge is 2.30. The van der Waals surface area contributed by atoms with Crippen molar-refractivity contribution in [2.24, 2.45) is 0 Å². The number of nitrogens with one attached hydrogen (secondary N) is 1. The van der Waals surface area contributed by atoms with E-state index in [0.717, 1.165) is 23.1 Å². The van der Waals surface area contributed by atoms with Crippen LogP contribution in [0.1, 0.15) is 30.0 Å².